The lowest BCUT2D eigenvalue weighted by Gasteiger charge is -2.19. The summed E-state index contributed by atoms with van der Waals surface area (Å²) < 4.78 is 21.7. The van der Waals surface area contributed by atoms with Crippen molar-refractivity contribution in [3.05, 3.63) is 29.8 Å². The summed E-state index contributed by atoms with van der Waals surface area (Å²) in [4.78, 5) is 47.5. The van der Waals surface area contributed by atoms with Gasteiger partial charge in [-0.15, -0.1) is 0 Å². The Morgan fingerprint density at radius 2 is 1.49 bits per heavy atom. The quantitative estimate of drug-likeness (QED) is 0.105. The lowest BCUT2D eigenvalue weighted by atomic mass is 10.0. The van der Waals surface area contributed by atoms with E-state index in [1.54, 1.807) is 45.0 Å². The summed E-state index contributed by atoms with van der Waals surface area (Å²) in [6.45, 7) is 8.72. The molecular weight excluding hydrogens is 602 g/mol. The molecule has 45 heavy (non-hydrogen) atoms. The third-order valence-electron chi connectivity index (χ3n) is 6.93. The van der Waals surface area contributed by atoms with Crippen LogP contribution in [0.15, 0.2) is 24.3 Å². The maximum atomic E-state index is 12.2. The SMILES string of the molecule is CC(C)(C)OC(=O)Nc1ccc(CC(=O)NCCOCCOCCOCCNC(=O)CCCC[C@@H]2SC[C@@H]3NC(=O)N[C@@H]32)cc1. The second-order valence-electron chi connectivity index (χ2n) is 11.9. The van der Waals surface area contributed by atoms with Crippen molar-refractivity contribution >= 4 is 41.4 Å². The molecule has 0 radical (unpaired) electrons. The van der Waals surface area contributed by atoms with Gasteiger partial charge in [0.1, 0.15) is 5.60 Å². The number of fused-ring (bicyclic) bond motifs is 1. The molecule has 2 aliphatic rings. The number of nitrogens with one attached hydrogen (secondary N) is 5. The van der Waals surface area contributed by atoms with Crippen molar-refractivity contribution < 1.29 is 38.1 Å². The molecule has 2 fully saturated rings. The topological polar surface area (TPSA) is 165 Å². The van der Waals surface area contributed by atoms with Gasteiger partial charge in [0.25, 0.3) is 0 Å². The van der Waals surface area contributed by atoms with Gasteiger partial charge >= 0.3 is 12.1 Å². The fraction of sp³-hybridized carbons (Fsp3) is 0.677. The number of ether oxygens (including phenoxy) is 4. The van der Waals surface area contributed by atoms with Crippen LogP contribution in [-0.2, 0) is 35.0 Å². The van der Waals surface area contributed by atoms with E-state index in [1.165, 1.54) is 0 Å². The second-order valence-corrected chi connectivity index (χ2v) is 13.2. The van der Waals surface area contributed by atoms with Crippen LogP contribution in [0.1, 0.15) is 52.0 Å². The third kappa shape index (κ3) is 15.2. The highest BCUT2D eigenvalue weighted by molar-refractivity contribution is 8.00. The molecule has 2 aliphatic heterocycles. The zero-order valence-corrected chi connectivity index (χ0v) is 27.4. The van der Waals surface area contributed by atoms with E-state index in [2.05, 4.69) is 26.6 Å². The maximum Gasteiger partial charge on any atom is 0.412 e. The van der Waals surface area contributed by atoms with E-state index >= 15 is 0 Å². The van der Waals surface area contributed by atoms with Crippen molar-refractivity contribution in [1.82, 2.24) is 21.3 Å². The highest BCUT2D eigenvalue weighted by atomic mass is 32.2. The molecule has 0 saturated carbocycles. The van der Waals surface area contributed by atoms with Crippen LogP contribution in [0.2, 0.25) is 0 Å². The third-order valence-corrected chi connectivity index (χ3v) is 8.43. The molecular formula is C31H49N5O8S. The van der Waals surface area contributed by atoms with Gasteiger partial charge in [0, 0.05) is 36.2 Å². The summed E-state index contributed by atoms with van der Waals surface area (Å²) in [5.41, 5.74) is 0.841. The Morgan fingerprint density at radius 3 is 2.13 bits per heavy atom. The van der Waals surface area contributed by atoms with Gasteiger partial charge in [-0.25, -0.2) is 9.59 Å². The van der Waals surface area contributed by atoms with Crippen LogP contribution in [-0.4, -0.2) is 105 Å². The smallest absolute Gasteiger partial charge is 0.412 e. The van der Waals surface area contributed by atoms with Crippen LogP contribution in [0.5, 0.6) is 0 Å². The average Bonchev–Trinajstić information content (AvgIpc) is 3.52. The molecule has 0 aliphatic carbocycles. The first-order valence-electron chi connectivity index (χ1n) is 15.6. The van der Waals surface area contributed by atoms with E-state index in [-0.39, 0.29) is 36.3 Å². The number of unbranched alkanes of at least 4 members (excludes halogenated alkanes) is 1. The number of thioether (sulfide) groups is 1. The van der Waals surface area contributed by atoms with Gasteiger partial charge in [-0.05, 0) is 51.3 Å². The molecule has 2 saturated heterocycles. The fourth-order valence-electron chi connectivity index (χ4n) is 4.80. The average molecular weight is 652 g/mol. The van der Waals surface area contributed by atoms with Crippen molar-refractivity contribution in [2.45, 2.75) is 75.8 Å². The van der Waals surface area contributed by atoms with Crippen LogP contribution in [0, 0.1) is 0 Å². The van der Waals surface area contributed by atoms with E-state index in [0.717, 1.165) is 30.6 Å². The number of benzene rings is 1. The van der Waals surface area contributed by atoms with Crippen molar-refractivity contribution in [2.75, 3.05) is 63.8 Å². The molecule has 0 unspecified atom stereocenters. The number of anilines is 1. The molecule has 5 amide bonds. The summed E-state index contributed by atoms with van der Waals surface area (Å²) >= 11 is 1.89. The van der Waals surface area contributed by atoms with Gasteiger partial charge < -0.3 is 40.2 Å². The van der Waals surface area contributed by atoms with Gasteiger partial charge in [-0.3, -0.25) is 14.9 Å². The minimum absolute atomic E-state index is 0.0272. The van der Waals surface area contributed by atoms with Crippen LogP contribution in [0.4, 0.5) is 15.3 Å². The van der Waals surface area contributed by atoms with Gasteiger partial charge in [0.2, 0.25) is 11.8 Å². The Bertz CT molecular complexity index is 1080. The van der Waals surface area contributed by atoms with Gasteiger partial charge in [-0.1, -0.05) is 18.6 Å². The first kappa shape index (κ1) is 36.4. The van der Waals surface area contributed by atoms with Crippen molar-refractivity contribution in [3.8, 4) is 0 Å². The zero-order valence-electron chi connectivity index (χ0n) is 26.6. The lowest BCUT2D eigenvalue weighted by molar-refractivity contribution is -0.121. The predicted octanol–water partition coefficient (Wildman–Crippen LogP) is 2.58. The summed E-state index contributed by atoms with van der Waals surface area (Å²) in [6.07, 6.45) is 2.98. The van der Waals surface area contributed by atoms with E-state index in [4.69, 9.17) is 18.9 Å². The molecule has 14 heteroatoms. The minimum Gasteiger partial charge on any atom is -0.444 e. The number of carbonyl (C=O) groups is 4. The maximum absolute atomic E-state index is 12.2. The first-order chi connectivity index (χ1) is 21.6. The Labute approximate surface area is 270 Å². The molecule has 0 bridgehead atoms. The molecule has 3 rings (SSSR count). The van der Waals surface area contributed by atoms with E-state index in [9.17, 15) is 19.2 Å². The lowest BCUT2D eigenvalue weighted by Crippen LogP contribution is -2.36. The van der Waals surface area contributed by atoms with E-state index in [0.29, 0.717) is 70.1 Å². The summed E-state index contributed by atoms with van der Waals surface area (Å²) in [6, 6.07) is 7.40. The Morgan fingerprint density at radius 1 is 0.867 bits per heavy atom. The minimum atomic E-state index is -0.575. The number of carbonyl (C=O) groups excluding carboxylic acids is 4. The molecule has 1 aromatic rings. The van der Waals surface area contributed by atoms with Crippen LogP contribution >= 0.6 is 11.8 Å². The molecule has 0 aromatic heterocycles. The highest BCUT2D eigenvalue weighted by Gasteiger charge is 2.42. The molecule has 5 N–H and O–H groups in total. The van der Waals surface area contributed by atoms with Gasteiger partial charge in [-0.2, -0.15) is 11.8 Å². The van der Waals surface area contributed by atoms with Crippen molar-refractivity contribution in [1.29, 1.82) is 0 Å². The second kappa shape index (κ2) is 19.4. The fourth-order valence-corrected chi connectivity index (χ4v) is 6.35. The molecule has 3 atom stereocenters. The summed E-state index contributed by atoms with van der Waals surface area (Å²) in [7, 11) is 0. The van der Waals surface area contributed by atoms with E-state index in [1.807, 2.05) is 11.8 Å². The number of rotatable bonds is 20. The van der Waals surface area contributed by atoms with Crippen LogP contribution < -0.4 is 26.6 Å². The summed E-state index contributed by atoms with van der Waals surface area (Å²) in [5.74, 6) is 0.860. The van der Waals surface area contributed by atoms with Crippen LogP contribution in [0.3, 0.4) is 0 Å². The Hall–Kier alpha value is -3.07. The normalized spacial score (nSPS) is 18.9. The van der Waals surface area contributed by atoms with Crippen LogP contribution in [0.25, 0.3) is 0 Å². The number of hydrogen-bond donors (Lipinski definition) is 5. The molecule has 252 valence electrons. The predicted molar refractivity (Wildman–Crippen MR) is 172 cm³/mol. The number of amides is 5. The zero-order chi connectivity index (χ0) is 32.5. The summed E-state index contributed by atoms with van der Waals surface area (Å²) in [5, 5.41) is 14.7. The van der Waals surface area contributed by atoms with E-state index < -0.39 is 11.7 Å². The highest BCUT2D eigenvalue weighted by Crippen LogP contribution is 2.33. The van der Waals surface area contributed by atoms with Crippen molar-refractivity contribution in [3.63, 3.8) is 0 Å². The molecule has 1 aromatic carbocycles. The standard InChI is InChI=1S/C31H49N5O8S/c1-31(2,3)44-30(40)34-23-10-8-22(9-11-23)20-27(38)33-13-15-42-17-19-43-18-16-41-14-12-32-26(37)7-5-4-6-25-28-24(21-45-25)35-29(39)36-28/h8-11,24-25,28H,4-7,12-21H2,1-3H3,(H,32,37)(H,33,38)(H,34,40)(H2,35,36,39)/t24-,25-,28-/m0/s1. The first-order valence-corrected chi connectivity index (χ1v) is 16.7. The number of urea groups is 1. The molecule has 0 spiro atoms. The Balaban J connectivity index is 1.06. The van der Waals surface area contributed by atoms with Gasteiger partial charge in [0.05, 0.1) is 58.1 Å². The Kier molecular flexibility index (Phi) is 15.7. The monoisotopic (exact) mass is 651 g/mol. The van der Waals surface area contributed by atoms with Gasteiger partial charge in [0.15, 0.2) is 0 Å². The molecule has 2 heterocycles. The molecule has 13 nitrogen and oxygen atoms in total. The van der Waals surface area contributed by atoms with Crippen molar-refractivity contribution in [2.24, 2.45) is 0 Å². The largest absolute Gasteiger partial charge is 0.444 e. The number of hydrogen-bond acceptors (Lipinski definition) is 9.